The molecule has 0 amide bonds. The van der Waals surface area contributed by atoms with E-state index in [1.807, 2.05) is 30.3 Å². The molecule has 0 unspecified atom stereocenters. The number of nitrogen functional groups attached to an aromatic ring is 1. The molecule has 0 fully saturated rings. The van der Waals surface area contributed by atoms with E-state index in [-0.39, 0.29) is 6.61 Å². The Kier molecular flexibility index (Phi) is 5.50. The lowest BCUT2D eigenvalue weighted by atomic mass is 10.0. The van der Waals surface area contributed by atoms with Crippen LogP contribution in [0.15, 0.2) is 53.7 Å². The second-order valence-electron chi connectivity index (χ2n) is 6.65. The van der Waals surface area contributed by atoms with Crippen molar-refractivity contribution in [1.29, 1.82) is 0 Å². The first-order valence-electron chi connectivity index (χ1n) is 8.99. The van der Waals surface area contributed by atoms with Crippen LogP contribution in [0, 0.1) is 0 Å². The quantitative estimate of drug-likeness (QED) is 0.354. The van der Waals surface area contributed by atoms with Gasteiger partial charge in [0.2, 0.25) is 5.16 Å². The lowest BCUT2D eigenvalue weighted by molar-refractivity contribution is 0.291. The van der Waals surface area contributed by atoms with Crippen LogP contribution in [0.2, 0.25) is 0 Å². The van der Waals surface area contributed by atoms with Crippen LogP contribution in [-0.4, -0.2) is 19.9 Å². The molecular weight excluding hydrogens is 390 g/mol. The highest BCUT2D eigenvalue weighted by molar-refractivity contribution is 7.98. The van der Waals surface area contributed by atoms with Crippen LogP contribution in [0.3, 0.4) is 0 Å². The van der Waals surface area contributed by atoms with Crippen LogP contribution in [0.4, 0.5) is 0 Å². The normalized spacial score (nSPS) is 11.4. The van der Waals surface area contributed by atoms with Gasteiger partial charge in [-0.15, -0.1) is 21.5 Å². The summed E-state index contributed by atoms with van der Waals surface area (Å²) in [5.74, 6) is 8.71. The van der Waals surface area contributed by atoms with Crippen molar-refractivity contribution in [3.63, 3.8) is 0 Å². The molecule has 2 heterocycles. The largest absolute Gasteiger partial charge is 0.486 e. The molecule has 0 radical (unpaired) electrons. The maximum absolute atomic E-state index is 6.14. The Morgan fingerprint density at radius 2 is 1.89 bits per heavy atom. The number of nitrogens with two attached hydrogens (primary N) is 1. The summed E-state index contributed by atoms with van der Waals surface area (Å²) in [4.78, 5) is 4.63. The zero-order chi connectivity index (χ0) is 19.5. The van der Waals surface area contributed by atoms with Crippen molar-refractivity contribution in [3.8, 4) is 5.75 Å². The summed E-state index contributed by atoms with van der Waals surface area (Å²) in [6, 6.07) is 16.2. The number of ether oxygens (including phenoxy) is 1. The van der Waals surface area contributed by atoms with Gasteiger partial charge in [-0.2, -0.15) is 0 Å². The van der Waals surface area contributed by atoms with Crippen molar-refractivity contribution < 1.29 is 4.74 Å². The van der Waals surface area contributed by atoms with Crippen molar-refractivity contribution >= 4 is 33.3 Å². The molecule has 4 rings (SSSR count). The fraction of sp³-hybridized carbons (Fsp3) is 0.250. The first-order valence-corrected chi connectivity index (χ1v) is 10.8. The fourth-order valence-corrected chi connectivity index (χ4v) is 4.54. The lowest BCUT2D eigenvalue weighted by Gasteiger charge is -2.08. The van der Waals surface area contributed by atoms with Gasteiger partial charge < -0.3 is 10.6 Å². The van der Waals surface area contributed by atoms with Gasteiger partial charge in [0.05, 0.1) is 16.0 Å². The average molecular weight is 412 g/mol. The molecule has 2 N–H and O–H groups in total. The second-order valence-corrected chi connectivity index (χ2v) is 8.70. The van der Waals surface area contributed by atoms with E-state index in [1.165, 1.54) is 26.7 Å². The summed E-state index contributed by atoms with van der Waals surface area (Å²) < 4.78 is 8.47. The molecular formula is C20H21N5OS2. The number of para-hydroxylation sites is 1. The highest BCUT2D eigenvalue weighted by atomic mass is 32.2. The Hall–Kier alpha value is -2.58. The number of thioether (sulfide) groups is 1. The highest BCUT2D eigenvalue weighted by Gasteiger charge is 2.13. The minimum atomic E-state index is 0.270. The van der Waals surface area contributed by atoms with E-state index in [4.69, 9.17) is 10.6 Å². The average Bonchev–Trinajstić information content (AvgIpc) is 3.28. The second kappa shape index (κ2) is 8.20. The Labute approximate surface area is 171 Å². The summed E-state index contributed by atoms with van der Waals surface area (Å²) in [6.45, 7) is 4.60. The standard InChI is InChI=1S/C20H21N5OS2/c1-13(2)14-7-9-15(10-8-14)26-11-18-23-24-20(25(18)21)27-12-19-22-16-5-3-4-6-17(16)28-19/h3-10,13H,11-12,21H2,1-2H3. The number of nitrogens with zero attached hydrogens (tertiary/aromatic N) is 4. The lowest BCUT2D eigenvalue weighted by Crippen LogP contribution is -2.15. The van der Waals surface area contributed by atoms with Crippen molar-refractivity contribution in [1.82, 2.24) is 19.9 Å². The Bertz CT molecular complexity index is 1040. The molecule has 0 aliphatic carbocycles. The van der Waals surface area contributed by atoms with E-state index < -0.39 is 0 Å². The van der Waals surface area contributed by atoms with Crippen molar-refractivity contribution in [3.05, 3.63) is 64.9 Å². The van der Waals surface area contributed by atoms with Crippen LogP contribution in [0.25, 0.3) is 10.2 Å². The van der Waals surface area contributed by atoms with Crippen LogP contribution >= 0.6 is 23.1 Å². The fourth-order valence-electron chi connectivity index (χ4n) is 2.71. The van der Waals surface area contributed by atoms with E-state index in [9.17, 15) is 0 Å². The van der Waals surface area contributed by atoms with Gasteiger partial charge in [0.25, 0.3) is 0 Å². The molecule has 0 saturated carbocycles. The van der Waals surface area contributed by atoms with E-state index in [0.717, 1.165) is 16.3 Å². The molecule has 2 aromatic carbocycles. The third-order valence-electron chi connectivity index (χ3n) is 4.31. The molecule has 4 aromatic rings. The van der Waals surface area contributed by atoms with Gasteiger partial charge in [0.1, 0.15) is 17.4 Å². The molecule has 0 aliphatic heterocycles. The molecule has 8 heteroatoms. The molecule has 0 spiro atoms. The van der Waals surface area contributed by atoms with E-state index in [2.05, 4.69) is 47.2 Å². The van der Waals surface area contributed by atoms with Crippen LogP contribution in [0.1, 0.15) is 36.2 Å². The number of benzene rings is 2. The van der Waals surface area contributed by atoms with Gasteiger partial charge in [0.15, 0.2) is 5.82 Å². The molecule has 2 aromatic heterocycles. The topological polar surface area (TPSA) is 78.9 Å². The summed E-state index contributed by atoms with van der Waals surface area (Å²) >= 11 is 3.20. The van der Waals surface area contributed by atoms with E-state index in [0.29, 0.717) is 22.7 Å². The molecule has 0 aliphatic rings. The maximum atomic E-state index is 6.14. The Morgan fingerprint density at radius 1 is 1.11 bits per heavy atom. The summed E-state index contributed by atoms with van der Waals surface area (Å²) in [6.07, 6.45) is 0. The summed E-state index contributed by atoms with van der Waals surface area (Å²) in [5.41, 5.74) is 2.30. The van der Waals surface area contributed by atoms with Crippen molar-refractivity contribution in [2.75, 3.05) is 5.84 Å². The smallest absolute Gasteiger partial charge is 0.210 e. The van der Waals surface area contributed by atoms with Crippen LogP contribution in [0.5, 0.6) is 5.75 Å². The third-order valence-corrected chi connectivity index (χ3v) is 6.49. The van der Waals surface area contributed by atoms with Gasteiger partial charge in [-0.25, -0.2) is 9.66 Å². The predicted molar refractivity (Wildman–Crippen MR) is 114 cm³/mol. The Morgan fingerprint density at radius 3 is 2.64 bits per heavy atom. The number of aromatic nitrogens is 4. The van der Waals surface area contributed by atoms with Gasteiger partial charge in [-0.1, -0.05) is 49.9 Å². The van der Waals surface area contributed by atoms with Gasteiger partial charge in [-0.05, 0) is 35.7 Å². The molecule has 144 valence electrons. The number of fused-ring (bicyclic) bond motifs is 1. The zero-order valence-electron chi connectivity index (χ0n) is 15.7. The number of hydrogen-bond donors (Lipinski definition) is 1. The van der Waals surface area contributed by atoms with Crippen molar-refractivity contribution in [2.45, 2.75) is 37.3 Å². The third kappa shape index (κ3) is 4.13. The first kappa shape index (κ1) is 18.8. The van der Waals surface area contributed by atoms with Gasteiger partial charge >= 0.3 is 0 Å². The van der Waals surface area contributed by atoms with Gasteiger partial charge in [-0.3, -0.25) is 0 Å². The van der Waals surface area contributed by atoms with Crippen molar-refractivity contribution in [2.24, 2.45) is 0 Å². The maximum Gasteiger partial charge on any atom is 0.210 e. The zero-order valence-corrected chi connectivity index (χ0v) is 17.3. The minimum Gasteiger partial charge on any atom is -0.486 e. The van der Waals surface area contributed by atoms with E-state index >= 15 is 0 Å². The molecule has 0 bridgehead atoms. The highest BCUT2D eigenvalue weighted by Crippen LogP contribution is 2.27. The number of hydrogen-bond acceptors (Lipinski definition) is 7. The van der Waals surface area contributed by atoms with Crippen LogP contribution in [-0.2, 0) is 12.4 Å². The minimum absolute atomic E-state index is 0.270. The first-order chi connectivity index (χ1) is 13.6. The summed E-state index contributed by atoms with van der Waals surface area (Å²) in [5, 5.41) is 10.0. The van der Waals surface area contributed by atoms with Crippen LogP contribution < -0.4 is 10.6 Å². The Balaban J connectivity index is 1.37. The molecule has 0 saturated heterocycles. The molecule has 28 heavy (non-hydrogen) atoms. The molecule has 0 atom stereocenters. The number of rotatable bonds is 7. The SMILES string of the molecule is CC(C)c1ccc(OCc2nnc(SCc3nc4ccccc4s3)n2N)cc1. The number of thiazole rings is 1. The monoisotopic (exact) mass is 411 g/mol. The molecule has 6 nitrogen and oxygen atoms in total. The van der Waals surface area contributed by atoms with E-state index in [1.54, 1.807) is 11.3 Å². The summed E-state index contributed by atoms with van der Waals surface area (Å²) in [7, 11) is 0. The van der Waals surface area contributed by atoms with Gasteiger partial charge in [0, 0.05) is 0 Å². The predicted octanol–water partition coefficient (Wildman–Crippen LogP) is 4.60.